The molecule has 9 nitrogen and oxygen atoms in total. The quantitative estimate of drug-likeness (QED) is 0.533. The van der Waals surface area contributed by atoms with E-state index >= 15 is 0 Å². The number of ether oxygens (including phenoxy) is 1. The number of likely N-dealkylation sites (N-methyl/N-ethyl adjacent to an activating group) is 3. The maximum Gasteiger partial charge on any atom is 0.101 e. The molecule has 4 aliphatic heterocycles. The highest BCUT2D eigenvalue weighted by atomic mass is 16.5. The van der Waals surface area contributed by atoms with Crippen molar-refractivity contribution in [2.45, 2.75) is 45.6 Å². The summed E-state index contributed by atoms with van der Waals surface area (Å²) in [6.45, 7) is 15.7. The van der Waals surface area contributed by atoms with E-state index in [-0.39, 0.29) is 7.43 Å². The summed E-state index contributed by atoms with van der Waals surface area (Å²) in [4.78, 5) is 14.5. The normalized spacial score (nSPS) is 23.8. The van der Waals surface area contributed by atoms with Crippen molar-refractivity contribution in [1.29, 1.82) is 0 Å². The highest BCUT2D eigenvalue weighted by Gasteiger charge is 2.23. The number of piperidine rings is 2. The van der Waals surface area contributed by atoms with Crippen LogP contribution >= 0.6 is 0 Å². The van der Waals surface area contributed by atoms with Crippen molar-refractivity contribution in [3.8, 4) is 0 Å². The van der Waals surface area contributed by atoms with E-state index in [0.29, 0.717) is 13.5 Å². The molecule has 0 spiro atoms. The fourth-order valence-electron chi connectivity index (χ4n) is 4.71. The number of hydrogen-bond acceptors (Lipinski definition) is 9. The van der Waals surface area contributed by atoms with Gasteiger partial charge in [-0.2, -0.15) is 0 Å². The molecule has 0 aromatic rings. The fraction of sp³-hybridized carbons (Fsp3) is 1.00. The van der Waals surface area contributed by atoms with E-state index in [2.05, 4.69) is 62.9 Å². The zero-order valence-electron chi connectivity index (χ0n) is 24.2. The zero-order valence-corrected chi connectivity index (χ0v) is 24.2. The summed E-state index contributed by atoms with van der Waals surface area (Å²) in [5, 5.41) is 2.75. The minimum Gasteiger partial charge on any atom is -0.351 e. The number of piperazine rings is 2. The summed E-state index contributed by atoms with van der Waals surface area (Å²) in [6, 6.07) is 0.913. The van der Waals surface area contributed by atoms with E-state index < -0.39 is 0 Å². The van der Waals surface area contributed by atoms with E-state index in [1.54, 1.807) is 0 Å². The van der Waals surface area contributed by atoms with Crippen molar-refractivity contribution in [3.05, 3.63) is 0 Å². The topological polar surface area (TPSA) is 66.7 Å². The Morgan fingerprint density at radius 2 is 1.03 bits per heavy atom. The lowest BCUT2D eigenvalue weighted by atomic mass is 10.0. The number of nitrogens with zero attached hydrogens (tertiary/aromatic N) is 6. The third-order valence-electron chi connectivity index (χ3n) is 7.31. The Morgan fingerprint density at radius 1 is 0.639 bits per heavy atom. The van der Waals surface area contributed by atoms with Gasteiger partial charge in [-0.3, -0.25) is 4.90 Å². The number of nitrogens with one attached hydrogen (secondary N) is 1. The summed E-state index contributed by atoms with van der Waals surface area (Å²) >= 11 is 0. The van der Waals surface area contributed by atoms with Crippen molar-refractivity contribution < 1.29 is 4.74 Å². The number of rotatable bonds is 4. The number of nitrogens with two attached hydrogens (primary N) is 1. The van der Waals surface area contributed by atoms with E-state index in [0.717, 1.165) is 32.2 Å². The molecule has 4 rings (SSSR count). The summed E-state index contributed by atoms with van der Waals surface area (Å²) in [6.07, 6.45) is 7.13. The summed E-state index contributed by atoms with van der Waals surface area (Å²) in [5.41, 5.74) is 5.21. The lowest BCUT2D eigenvalue weighted by Gasteiger charge is -2.39. The van der Waals surface area contributed by atoms with Crippen LogP contribution in [-0.2, 0) is 4.74 Å². The molecule has 0 aromatic heterocycles. The van der Waals surface area contributed by atoms with Crippen LogP contribution in [0.3, 0.4) is 0 Å². The number of likely N-dealkylation sites (tertiary alicyclic amines) is 2. The lowest BCUT2D eigenvalue weighted by molar-refractivity contribution is 0.00899. The van der Waals surface area contributed by atoms with Crippen molar-refractivity contribution >= 4 is 0 Å². The first kappa shape index (κ1) is 35.6. The molecule has 0 atom stereocenters. The Labute approximate surface area is 225 Å². The summed E-state index contributed by atoms with van der Waals surface area (Å²) in [7, 11) is 12.5. The Bertz CT molecular complexity index is 444. The van der Waals surface area contributed by atoms with Crippen LogP contribution < -0.4 is 11.1 Å². The van der Waals surface area contributed by atoms with Crippen LogP contribution in [0.1, 0.15) is 39.5 Å². The largest absolute Gasteiger partial charge is 0.351 e. The van der Waals surface area contributed by atoms with Crippen molar-refractivity contribution in [2.24, 2.45) is 5.73 Å². The van der Waals surface area contributed by atoms with Crippen LogP contribution in [0.15, 0.2) is 0 Å². The average Bonchev–Trinajstić information content (AvgIpc) is 2.88. The van der Waals surface area contributed by atoms with Gasteiger partial charge < -0.3 is 40.3 Å². The molecule has 0 saturated carbocycles. The van der Waals surface area contributed by atoms with Gasteiger partial charge in [0.2, 0.25) is 0 Å². The Balaban J connectivity index is 0.000000488. The maximum absolute atomic E-state index is 5.21. The van der Waals surface area contributed by atoms with Crippen LogP contribution in [0.5, 0.6) is 0 Å². The van der Waals surface area contributed by atoms with E-state index in [1.165, 1.54) is 84.5 Å². The van der Waals surface area contributed by atoms with Crippen molar-refractivity contribution in [1.82, 2.24) is 34.7 Å². The highest BCUT2D eigenvalue weighted by Crippen LogP contribution is 2.19. The molecular formula is C27H64N8O. The first-order valence-corrected chi connectivity index (χ1v) is 14.0. The lowest BCUT2D eigenvalue weighted by Crippen LogP contribution is -2.45. The summed E-state index contributed by atoms with van der Waals surface area (Å²) < 4.78 is 5.09. The molecule has 0 aliphatic carbocycles. The van der Waals surface area contributed by atoms with Gasteiger partial charge in [0.1, 0.15) is 6.73 Å². The van der Waals surface area contributed by atoms with Gasteiger partial charge in [0, 0.05) is 58.4 Å². The molecular weight excluding hydrogens is 452 g/mol. The van der Waals surface area contributed by atoms with E-state index in [1.807, 2.05) is 14.1 Å². The highest BCUT2D eigenvalue weighted by molar-refractivity contribution is 4.80. The minimum atomic E-state index is 0. The molecule has 4 saturated heterocycles. The molecule has 36 heavy (non-hydrogen) atoms. The van der Waals surface area contributed by atoms with Gasteiger partial charge >= 0.3 is 0 Å². The molecule has 0 aromatic carbocycles. The second kappa shape index (κ2) is 22.6. The molecule has 4 fully saturated rings. The van der Waals surface area contributed by atoms with Gasteiger partial charge in [0.25, 0.3) is 0 Å². The molecule has 0 unspecified atom stereocenters. The molecule has 4 aliphatic rings. The SMILES string of the molecule is C.CN1CCC(N2CCCCC2)CC1.CN1CCN(C)CC1.CN1CCN(COCN)CC1.CNC. The molecule has 0 radical (unpaired) electrons. The Kier molecular flexibility index (Phi) is 22.4. The second-order valence-electron chi connectivity index (χ2n) is 10.7. The predicted molar refractivity (Wildman–Crippen MR) is 157 cm³/mol. The first-order chi connectivity index (χ1) is 16.9. The monoisotopic (exact) mass is 517 g/mol. The smallest absolute Gasteiger partial charge is 0.101 e. The standard InChI is InChI=1S/C11H22N2.C7H17N3O.C6H14N2.C2H7N.CH4/c1-12-9-5-11(6-10-12)13-7-3-2-4-8-13;1-9-2-4-10(5-3-9)7-11-6-8;1-7-3-5-8(2)6-4-7;1-3-2;/h11H,2-10H2,1H3;2-8H2,1H3;3-6H2,1-2H3;3H,1-2H3;1H4. The van der Waals surface area contributed by atoms with Crippen LogP contribution in [0.4, 0.5) is 0 Å². The van der Waals surface area contributed by atoms with Crippen LogP contribution in [0, 0.1) is 0 Å². The van der Waals surface area contributed by atoms with Gasteiger partial charge in [-0.15, -0.1) is 0 Å². The van der Waals surface area contributed by atoms with Crippen LogP contribution in [0.25, 0.3) is 0 Å². The molecule has 9 heteroatoms. The van der Waals surface area contributed by atoms with Gasteiger partial charge in [-0.05, 0) is 94.1 Å². The van der Waals surface area contributed by atoms with Crippen molar-refractivity contribution in [2.75, 3.05) is 134 Å². The average molecular weight is 517 g/mol. The first-order valence-electron chi connectivity index (χ1n) is 14.0. The molecule has 0 bridgehead atoms. The van der Waals surface area contributed by atoms with Crippen molar-refractivity contribution in [3.63, 3.8) is 0 Å². The molecule has 3 N–H and O–H groups in total. The van der Waals surface area contributed by atoms with Gasteiger partial charge in [0.15, 0.2) is 0 Å². The van der Waals surface area contributed by atoms with E-state index in [4.69, 9.17) is 10.5 Å². The third-order valence-corrected chi connectivity index (χ3v) is 7.31. The van der Waals surface area contributed by atoms with Crippen LogP contribution in [-0.4, -0.2) is 170 Å². The van der Waals surface area contributed by atoms with E-state index in [9.17, 15) is 0 Å². The minimum absolute atomic E-state index is 0. The van der Waals surface area contributed by atoms with Gasteiger partial charge in [-0.1, -0.05) is 13.8 Å². The summed E-state index contributed by atoms with van der Waals surface area (Å²) in [5.74, 6) is 0. The molecule has 0 amide bonds. The zero-order chi connectivity index (χ0) is 25.9. The Hall–Kier alpha value is -0.360. The predicted octanol–water partition coefficient (Wildman–Crippen LogP) is 1.03. The molecule has 4 heterocycles. The number of hydrogen-bond donors (Lipinski definition) is 2. The van der Waals surface area contributed by atoms with Gasteiger partial charge in [-0.25, -0.2) is 0 Å². The maximum atomic E-state index is 5.21. The van der Waals surface area contributed by atoms with Crippen LogP contribution in [0.2, 0.25) is 0 Å². The Morgan fingerprint density at radius 3 is 1.44 bits per heavy atom. The third kappa shape index (κ3) is 17.2. The fourth-order valence-corrected chi connectivity index (χ4v) is 4.71. The second-order valence-corrected chi connectivity index (χ2v) is 10.7. The van der Waals surface area contributed by atoms with Gasteiger partial charge in [0.05, 0.1) is 6.73 Å². The molecule has 218 valence electrons.